The van der Waals surface area contributed by atoms with Crippen LogP contribution < -0.4 is 10.1 Å². The third kappa shape index (κ3) is 5.74. The molecule has 1 aromatic carbocycles. The zero-order chi connectivity index (χ0) is 16.9. The lowest BCUT2D eigenvalue weighted by molar-refractivity contribution is -0.274. The Kier molecular flexibility index (Phi) is 5.51. The Morgan fingerprint density at radius 2 is 1.91 bits per heavy atom. The van der Waals surface area contributed by atoms with Gasteiger partial charge in [0.2, 0.25) is 5.91 Å². The van der Waals surface area contributed by atoms with E-state index < -0.39 is 12.0 Å². The quantitative estimate of drug-likeness (QED) is 0.843. The van der Waals surface area contributed by atoms with Crippen molar-refractivity contribution in [1.82, 2.24) is 5.32 Å². The van der Waals surface area contributed by atoms with Gasteiger partial charge in [-0.2, -0.15) is 0 Å². The summed E-state index contributed by atoms with van der Waals surface area (Å²) < 4.78 is 40.9. The lowest BCUT2D eigenvalue weighted by Crippen LogP contribution is -2.35. The maximum absolute atomic E-state index is 12.3. The van der Waals surface area contributed by atoms with Gasteiger partial charge in [0.25, 0.3) is 0 Å². The highest BCUT2D eigenvalue weighted by atomic mass is 19.4. The molecule has 1 saturated carbocycles. The number of carbonyl (C=O) groups is 1. The number of hydrogen-bond donors (Lipinski definition) is 2. The monoisotopic (exact) mass is 331 g/mol. The van der Waals surface area contributed by atoms with Gasteiger partial charge in [-0.15, -0.1) is 13.2 Å². The number of benzene rings is 1. The van der Waals surface area contributed by atoms with Crippen LogP contribution in [0.1, 0.15) is 37.7 Å². The first-order valence-corrected chi connectivity index (χ1v) is 7.60. The highest BCUT2D eigenvalue weighted by Gasteiger charge is 2.33. The first-order chi connectivity index (χ1) is 10.8. The van der Waals surface area contributed by atoms with Crippen LogP contribution >= 0.6 is 0 Å². The van der Waals surface area contributed by atoms with Crippen LogP contribution in [0, 0.1) is 0 Å². The summed E-state index contributed by atoms with van der Waals surface area (Å²) in [4.78, 5) is 11.8. The van der Waals surface area contributed by atoms with Gasteiger partial charge < -0.3 is 15.2 Å². The minimum atomic E-state index is -4.74. The van der Waals surface area contributed by atoms with Gasteiger partial charge in [0.05, 0.1) is 12.0 Å². The number of aliphatic hydroxyl groups is 1. The van der Waals surface area contributed by atoms with Crippen LogP contribution in [0.4, 0.5) is 13.2 Å². The second-order valence-electron chi connectivity index (χ2n) is 5.86. The molecule has 2 N–H and O–H groups in total. The molecular formula is C16H20F3NO3. The fraction of sp³-hybridized carbons (Fsp3) is 0.562. The van der Waals surface area contributed by atoms with E-state index in [1.54, 1.807) is 6.07 Å². The van der Waals surface area contributed by atoms with E-state index in [0.717, 1.165) is 12.8 Å². The topological polar surface area (TPSA) is 58.6 Å². The van der Waals surface area contributed by atoms with Gasteiger partial charge in [-0.1, -0.05) is 31.0 Å². The van der Waals surface area contributed by atoms with E-state index in [2.05, 4.69) is 10.1 Å². The van der Waals surface area contributed by atoms with Crippen molar-refractivity contribution in [3.63, 3.8) is 0 Å². The SMILES string of the molecule is O=C(CC1(O)CCCC1)NCCc1ccccc1OC(F)(F)F. The fourth-order valence-corrected chi connectivity index (χ4v) is 2.84. The maximum Gasteiger partial charge on any atom is 0.573 e. The summed E-state index contributed by atoms with van der Waals surface area (Å²) in [5.41, 5.74) is -0.564. The number of hydrogen-bond acceptors (Lipinski definition) is 3. The minimum absolute atomic E-state index is 0.0354. The van der Waals surface area contributed by atoms with Gasteiger partial charge >= 0.3 is 6.36 Å². The van der Waals surface area contributed by atoms with Crippen LogP contribution in [0.25, 0.3) is 0 Å². The Hall–Kier alpha value is -1.76. The number of ether oxygens (including phenoxy) is 1. The van der Waals surface area contributed by atoms with Gasteiger partial charge in [0.1, 0.15) is 5.75 Å². The number of nitrogens with one attached hydrogen (secondary N) is 1. The Bertz CT molecular complexity index is 540. The lowest BCUT2D eigenvalue weighted by Gasteiger charge is -2.21. The highest BCUT2D eigenvalue weighted by Crippen LogP contribution is 2.32. The van der Waals surface area contributed by atoms with Crippen LogP contribution in [0.15, 0.2) is 24.3 Å². The summed E-state index contributed by atoms with van der Waals surface area (Å²) in [5.74, 6) is -0.549. The Balaban J connectivity index is 1.83. The third-order valence-electron chi connectivity index (χ3n) is 3.94. The molecular weight excluding hydrogens is 311 g/mol. The average Bonchev–Trinajstić information content (AvgIpc) is 2.85. The van der Waals surface area contributed by atoms with E-state index in [1.165, 1.54) is 18.2 Å². The third-order valence-corrected chi connectivity index (χ3v) is 3.94. The predicted molar refractivity (Wildman–Crippen MR) is 77.9 cm³/mol. The number of halogens is 3. The minimum Gasteiger partial charge on any atom is -0.406 e. The van der Waals surface area contributed by atoms with Gasteiger partial charge in [0.15, 0.2) is 0 Å². The molecule has 1 amide bonds. The van der Waals surface area contributed by atoms with Crippen molar-refractivity contribution >= 4 is 5.91 Å². The molecule has 0 aromatic heterocycles. The molecule has 0 radical (unpaired) electrons. The van der Waals surface area contributed by atoms with E-state index in [-0.39, 0.29) is 31.0 Å². The summed E-state index contributed by atoms with van der Waals surface area (Å²) in [7, 11) is 0. The van der Waals surface area contributed by atoms with Gasteiger partial charge in [0, 0.05) is 6.54 Å². The molecule has 0 aliphatic heterocycles. The average molecular weight is 331 g/mol. The summed E-state index contributed by atoms with van der Waals surface area (Å²) >= 11 is 0. The van der Waals surface area contributed by atoms with Crippen molar-refractivity contribution in [3.8, 4) is 5.75 Å². The fourth-order valence-electron chi connectivity index (χ4n) is 2.84. The molecule has 0 bridgehead atoms. The highest BCUT2D eigenvalue weighted by molar-refractivity contribution is 5.77. The van der Waals surface area contributed by atoms with Crippen LogP contribution in [0.3, 0.4) is 0 Å². The molecule has 7 heteroatoms. The van der Waals surface area contributed by atoms with E-state index in [1.807, 2.05) is 0 Å². The number of carbonyl (C=O) groups excluding carboxylic acids is 1. The van der Waals surface area contributed by atoms with Crippen molar-refractivity contribution in [3.05, 3.63) is 29.8 Å². The maximum atomic E-state index is 12.3. The number of alkyl halides is 3. The van der Waals surface area contributed by atoms with E-state index in [9.17, 15) is 23.1 Å². The largest absolute Gasteiger partial charge is 0.573 e. The van der Waals surface area contributed by atoms with Crippen LogP contribution in [-0.2, 0) is 11.2 Å². The molecule has 4 nitrogen and oxygen atoms in total. The zero-order valence-corrected chi connectivity index (χ0v) is 12.7. The van der Waals surface area contributed by atoms with Crippen molar-refractivity contribution < 1.29 is 27.8 Å². The molecule has 1 fully saturated rings. The van der Waals surface area contributed by atoms with Crippen LogP contribution in [0.2, 0.25) is 0 Å². The van der Waals surface area contributed by atoms with E-state index in [0.29, 0.717) is 18.4 Å². The number of amides is 1. The zero-order valence-electron chi connectivity index (χ0n) is 12.7. The summed E-state index contributed by atoms with van der Waals surface area (Å²) in [6.45, 7) is 0.188. The van der Waals surface area contributed by atoms with Gasteiger partial charge in [-0.25, -0.2) is 0 Å². The molecule has 2 rings (SSSR count). The summed E-state index contributed by atoms with van der Waals surface area (Å²) in [5, 5.41) is 12.8. The number of para-hydroxylation sites is 1. The van der Waals surface area contributed by atoms with Crippen LogP contribution in [-0.4, -0.2) is 29.5 Å². The molecule has 1 aliphatic carbocycles. The van der Waals surface area contributed by atoms with E-state index in [4.69, 9.17) is 0 Å². The van der Waals surface area contributed by atoms with Crippen molar-refractivity contribution in [2.24, 2.45) is 0 Å². The standard InChI is InChI=1S/C16H20F3NO3/c17-16(18,19)23-13-6-2-1-5-12(13)7-10-20-14(21)11-15(22)8-3-4-9-15/h1-2,5-6,22H,3-4,7-11H2,(H,20,21). The first-order valence-electron chi connectivity index (χ1n) is 7.60. The molecule has 128 valence electrons. The molecule has 0 saturated heterocycles. The van der Waals surface area contributed by atoms with E-state index >= 15 is 0 Å². The molecule has 0 atom stereocenters. The summed E-state index contributed by atoms with van der Waals surface area (Å²) in [6.07, 6.45) is -1.45. The molecule has 1 aliphatic rings. The van der Waals surface area contributed by atoms with Crippen LogP contribution in [0.5, 0.6) is 5.75 Å². The van der Waals surface area contributed by atoms with Crippen molar-refractivity contribution in [2.75, 3.05) is 6.54 Å². The molecule has 0 unspecified atom stereocenters. The normalized spacial score (nSPS) is 17.0. The Morgan fingerprint density at radius 3 is 2.57 bits per heavy atom. The predicted octanol–water partition coefficient (Wildman–Crippen LogP) is 2.94. The smallest absolute Gasteiger partial charge is 0.406 e. The Morgan fingerprint density at radius 1 is 1.26 bits per heavy atom. The molecule has 0 heterocycles. The van der Waals surface area contributed by atoms with Crippen molar-refractivity contribution in [2.45, 2.75) is 50.5 Å². The summed E-state index contributed by atoms with van der Waals surface area (Å²) in [6, 6.07) is 5.84. The number of rotatable bonds is 6. The first kappa shape index (κ1) is 17.6. The second-order valence-corrected chi connectivity index (χ2v) is 5.86. The molecule has 23 heavy (non-hydrogen) atoms. The van der Waals surface area contributed by atoms with Crippen molar-refractivity contribution in [1.29, 1.82) is 0 Å². The second kappa shape index (κ2) is 7.21. The van der Waals surface area contributed by atoms with Gasteiger partial charge in [-0.3, -0.25) is 4.79 Å². The van der Waals surface area contributed by atoms with Gasteiger partial charge in [-0.05, 0) is 30.9 Å². The molecule has 0 spiro atoms. The lowest BCUT2D eigenvalue weighted by atomic mass is 9.97. The molecule has 1 aromatic rings. The Labute approximate surface area is 132 Å².